The van der Waals surface area contributed by atoms with Crippen molar-refractivity contribution in [2.75, 3.05) is 45.2 Å². The Kier molecular flexibility index (Phi) is 9.11. The molecule has 0 radical (unpaired) electrons. The zero-order chi connectivity index (χ0) is 25.4. The Morgan fingerprint density at radius 2 is 1.74 bits per heavy atom. The second kappa shape index (κ2) is 12.2. The molecular weight excluding hydrogens is 446 g/mol. The van der Waals surface area contributed by atoms with Gasteiger partial charge in [0.15, 0.2) is 18.1 Å². The first-order valence-corrected chi connectivity index (χ1v) is 12.1. The molecule has 2 aromatic rings. The van der Waals surface area contributed by atoms with Crippen LogP contribution in [0.25, 0.3) is 0 Å². The molecule has 0 aromatic heterocycles. The molecule has 1 saturated heterocycles. The van der Waals surface area contributed by atoms with Crippen molar-refractivity contribution >= 4 is 23.4 Å². The molecule has 35 heavy (non-hydrogen) atoms. The molecule has 3 amide bonds. The Balaban J connectivity index is 1.62. The number of carbonyl (C=O) groups is 3. The number of rotatable bonds is 9. The molecule has 0 unspecified atom stereocenters. The van der Waals surface area contributed by atoms with E-state index in [1.165, 1.54) is 4.90 Å². The van der Waals surface area contributed by atoms with Gasteiger partial charge in [-0.2, -0.15) is 0 Å². The Hall–Kier alpha value is -3.55. The SMILES string of the molecule is CCOc1cc(C(=O)N(C)CC(=O)Nc2cccc(C)c2C)ccc1OCC(=O)N1CCCCC1. The summed E-state index contributed by atoms with van der Waals surface area (Å²) in [6.07, 6.45) is 3.18. The molecule has 1 heterocycles. The number of nitrogens with one attached hydrogen (secondary N) is 1. The second-order valence-electron chi connectivity index (χ2n) is 8.78. The van der Waals surface area contributed by atoms with Crippen LogP contribution in [0.15, 0.2) is 36.4 Å². The highest BCUT2D eigenvalue weighted by atomic mass is 16.5. The number of hydrogen-bond donors (Lipinski definition) is 1. The van der Waals surface area contributed by atoms with Crippen LogP contribution in [0.2, 0.25) is 0 Å². The highest BCUT2D eigenvalue weighted by molar-refractivity contribution is 5.99. The summed E-state index contributed by atoms with van der Waals surface area (Å²) in [5, 5.41) is 2.87. The molecule has 8 heteroatoms. The van der Waals surface area contributed by atoms with E-state index in [0.29, 0.717) is 23.7 Å². The highest BCUT2D eigenvalue weighted by Crippen LogP contribution is 2.29. The normalized spacial score (nSPS) is 13.2. The smallest absolute Gasteiger partial charge is 0.260 e. The van der Waals surface area contributed by atoms with Gasteiger partial charge in [-0.3, -0.25) is 14.4 Å². The van der Waals surface area contributed by atoms with E-state index in [0.717, 1.165) is 49.2 Å². The number of anilines is 1. The minimum Gasteiger partial charge on any atom is -0.490 e. The van der Waals surface area contributed by atoms with Gasteiger partial charge in [0.25, 0.3) is 11.8 Å². The number of likely N-dealkylation sites (N-methyl/N-ethyl adjacent to an activating group) is 1. The van der Waals surface area contributed by atoms with Gasteiger partial charge in [-0.25, -0.2) is 0 Å². The van der Waals surface area contributed by atoms with Crippen molar-refractivity contribution in [2.24, 2.45) is 0 Å². The monoisotopic (exact) mass is 481 g/mol. The van der Waals surface area contributed by atoms with E-state index in [1.807, 2.05) is 43.9 Å². The predicted octanol–water partition coefficient (Wildman–Crippen LogP) is 3.80. The van der Waals surface area contributed by atoms with Crippen LogP contribution < -0.4 is 14.8 Å². The Morgan fingerprint density at radius 1 is 1.00 bits per heavy atom. The van der Waals surface area contributed by atoms with Crippen molar-refractivity contribution in [3.05, 3.63) is 53.1 Å². The maximum absolute atomic E-state index is 13.0. The Morgan fingerprint density at radius 3 is 2.46 bits per heavy atom. The maximum Gasteiger partial charge on any atom is 0.260 e. The number of nitrogens with zero attached hydrogens (tertiary/aromatic N) is 2. The molecule has 0 saturated carbocycles. The lowest BCUT2D eigenvalue weighted by Crippen LogP contribution is -2.38. The van der Waals surface area contributed by atoms with Gasteiger partial charge in [0.1, 0.15) is 0 Å². The van der Waals surface area contributed by atoms with E-state index in [2.05, 4.69) is 5.32 Å². The van der Waals surface area contributed by atoms with Crippen LogP contribution in [0.4, 0.5) is 5.69 Å². The largest absolute Gasteiger partial charge is 0.490 e. The van der Waals surface area contributed by atoms with Crippen LogP contribution in [0.5, 0.6) is 11.5 Å². The fourth-order valence-electron chi connectivity index (χ4n) is 3.99. The van der Waals surface area contributed by atoms with E-state index >= 15 is 0 Å². The number of hydrogen-bond acceptors (Lipinski definition) is 5. The molecule has 1 fully saturated rings. The van der Waals surface area contributed by atoms with Crippen molar-refractivity contribution in [3.63, 3.8) is 0 Å². The number of carbonyl (C=O) groups excluding carboxylic acids is 3. The summed E-state index contributed by atoms with van der Waals surface area (Å²) in [6, 6.07) is 10.5. The van der Waals surface area contributed by atoms with Crippen LogP contribution in [-0.4, -0.2) is 67.4 Å². The lowest BCUT2D eigenvalue weighted by Gasteiger charge is -2.26. The number of ether oxygens (including phenoxy) is 2. The van der Waals surface area contributed by atoms with Crippen molar-refractivity contribution in [3.8, 4) is 11.5 Å². The van der Waals surface area contributed by atoms with Gasteiger partial charge < -0.3 is 24.6 Å². The van der Waals surface area contributed by atoms with Gasteiger partial charge in [0.2, 0.25) is 5.91 Å². The van der Waals surface area contributed by atoms with Gasteiger partial charge in [-0.05, 0) is 75.4 Å². The van der Waals surface area contributed by atoms with Crippen molar-refractivity contribution in [1.82, 2.24) is 9.80 Å². The molecule has 8 nitrogen and oxygen atoms in total. The number of amides is 3. The number of piperidine rings is 1. The third-order valence-electron chi connectivity index (χ3n) is 6.16. The summed E-state index contributed by atoms with van der Waals surface area (Å²) >= 11 is 0. The average molecular weight is 482 g/mol. The Labute approximate surface area is 207 Å². The molecule has 1 N–H and O–H groups in total. The standard InChI is InChI=1S/C27H35N3O5/c1-5-34-24-16-21(12-13-23(24)35-18-26(32)30-14-7-6-8-15-30)27(33)29(4)17-25(31)28-22-11-9-10-19(2)20(22)3/h9-13,16H,5-8,14-15,17-18H2,1-4H3,(H,28,31). The number of aryl methyl sites for hydroxylation is 1. The second-order valence-corrected chi connectivity index (χ2v) is 8.78. The van der Waals surface area contributed by atoms with E-state index in [1.54, 1.807) is 25.2 Å². The first-order chi connectivity index (χ1) is 16.8. The summed E-state index contributed by atoms with van der Waals surface area (Å²) in [5.41, 5.74) is 3.17. The third-order valence-corrected chi connectivity index (χ3v) is 6.16. The minimum absolute atomic E-state index is 0.0538. The molecular formula is C27H35N3O5. The third kappa shape index (κ3) is 6.97. The van der Waals surface area contributed by atoms with E-state index in [4.69, 9.17) is 9.47 Å². The van der Waals surface area contributed by atoms with Crippen LogP contribution in [0.3, 0.4) is 0 Å². The van der Waals surface area contributed by atoms with Gasteiger partial charge in [-0.15, -0.1) is 0 Å². The lowest BCUT2D eigenvalue weighted by atomic mass is 10.1. The first-order valence-electron chi connectivity index (χ1n) is 12.1. The molecule has 1 aliphatic heterocycles. The van der Waals surface area contributed by atoms with Gasteiger partial charge in [0, 0.05) is 31.4 Å². The van der Waals surface area contributed by atoms with Crippen molar-refractivity contribution in [1.29, 1.82) is 0 Å². The Bertz CT molecular complexity index is 1060. The highest BCUT2D eigenvalue weighted by Gasteiger charge is 2.20. The lowest BCUT2D eigenvalue weighted by molar-refractivity contribution is -0.134. The fraction of sp³-hybridized carbons (Fsp3) is 0.444. The predicted molar refractivity (Wildman–Crippen MR) is 135 cm³/mol. The van der Waals surface area contributed by atoms with E-state index in [9.17, 15) is 14.4 Å². The topological polar surface area (TPSA) is 88.2 Å². The van der Waals surface area contributed by atoms with Crippen molar-refractivity contribution in [2.45, 2.75) is 40.0 Å². The van der Waals surface area contributed by atoms with Gasteiger partial charge >= 0.3 is 0 Å². The molecule has 0 spiro atoms. The van der Waals surface area contributed by atoms with Gasteiger partial charge in [-0.1, -0.05) is 12.1 Å². The zero-order valence-electron chi connectivity index (χ0n) is 21.1. The van der Waals surface area contributed by atoms with E-state index in [-0.39, 0.29) is 30.9 Å². The first kappa shape index (κ1) is 26.1. The van der Waals surface area contributed by atoms with Crippen LogP contribution in [0.1, 0.15) is 47.7 Å². The summed E-state index contributed by atoms with van der Waals surface area (Å²) in [4.78, 5) is 41.1. The summed E-state index contributed by atoms with van der Waals surface area (Å²) in [7, 11) is 1.58. The van der Waals surface area contributed by atoms with Crippen LogP contribution >= 0.6 is 0 Å². The minimum atomic E-state index is -0.321. The van der Waals surface area contributed by atoms with E-state index < -0.39 is 0 Å². The van der Waals surface area contributed by atoms with Crippen molar-refractivity contribution < 1.29 is 23.9 Å². The molecule has 0 bridgehead atoms. The van der Waals surface area contributed by atoms with Gasteiger partial charge in [0.05, 0.1) is 13.2 Å². The van der Waals surface area contributed by atoms with Crippen LogP contribution in [-0.2, 0) is 9.59 Å². The molecule has 188 valence electrons. The molecule has 1 aliphatic rings. The van der Waals surface area contributed by atoms with Crippen LogP contribution in [0, 0.1) is 13.8 Å². The molecule has 0 aliphatic carbocycles. The maximum atomic E-state index is 13.0. The molecule has 3 rings (SSSR count). The summed E-state index contributed by atoms with van der Waals surface area (Å²) in [6.45, 7) is 7.48. The summed E-state index contributed by atoms with van der Waals surface area (Å²) in [5.74, 6) is 0.137. The number of likely N-dealkylation sites (tertiary alicyclic amines) is 1. The molecule has 2 aromatic carbocycles. The average Bonchev–Trinajstić information content (AvgIpc) is 2.86. The fourth-order valence-corrected chi connectivity index (χ4v) is 3.99. The zero-order valence-corrected chi connectivity index (χ0v) is 21.1. The summed E-state index contributed by atoms with van der Waals surface area (Å²) < 4.78 is 11.4. The number of benzene rings is 2. The quantitative estimate of drug-likeness (QED) is 0.589. The molecule has 0 atom stereocenters.